The molecule has 0 spiro atoms. The SMILES string of the molecule is C[C@H]1Cc2cc(C(=O)N(C)Cc3ccccc3)ccc2N1S(=O)(=O)c1ccccc1. The van der Waals surface area contributed by atoms with Gasteiger partial charge in [0.2, 0.25) is 0 Å². The van der Waals surface area contributed by atoms with Crippen LogP contribution in [0.5, 0.6) is 0 Å². The van der Waals surface area contributed by atoms with E-state index in [0.717, 1.165) is 11.1 Å². The summed E-state index contributed by atoms with van der Waals surface area (Å²) in [6, 6.07) is 23.4. The quantitative estimate of drug-likeness (QED) is 0.624. The lowest BCUT2D eigenvalue weighted by molar-refractivity contribution is 0.0785. The smallest absolute Gasteiger partial charge is 0.264 e. The number of anilines is 1. The molecule has 4 rings (SSSR count). The van der Waals surface area contributed by atoms with E-state index >= 15 is 0 Å². The largest absolute Gasteiger partial charge is 0.337 e. The highest BCUT2D eigenvalue weighted by molar-refractivity contribution is 7.92. The molecule has 1 amide bonds. The fourth-order valence-corrected chi connectivity index (χ4v) is 5.67. The highest BCUT2D eigenvalue weighted by atomic mass is 32.2. The molecule has 154 valence electrons. The Morgan fingerprint density at radius 1 is 1.00 bits per heavy atom. The second-order valence-corrected chi connectivity index (χ2v) is 9.47. The Labute approximate surface area is 177 Å². The maximum atomic E-state index is 13.2. The van der Waals surface area contributed by atoms with Crippen LogP contribution in [0.15, 0.2) is 83.8 Å². The van der Waals surface area contributed by atoms with Gasteiger partial charge in [-0.2, -0.15) is 0 Å². The van der Waals surface area contributed by atoms with Crippen LogP contribution >= 0.6 is 0 Å². The molecule has 1 atom stereocenters. The molecular formula is C24H24N2O3S. The van der Waals surface area contributed by atoms with Crippen LogP contribution in [0.4, 0.5) is 5.69 Å². The summed E-state index contributed by atoms with van der Waals surface area (Å²) in [6.07, 6.45) is 0.574. The number of carbonyl (C=O) groups is 1. The molecule has 1 aliphatic heterocycles. The van der Waals surface area contributed by atoms with E-state index in [-0.39, 0.29) is 16.8 Å². The minimum absolute atomic E-state index is 0.0846. The molecule has 0 radical (unpaired) electrons. The second-order valence-electron chi connectivity index (χ2n) is 7.66. The van der Waals surface area contributed by atoms with Crippen LogP contribution in [0.25, 0.3) is 0 Å². The Kier molecular flexibility index (Phi) is 5.35. The van der Waals surface area contributed by atoms with Gasteiger partial charge in [-0.1, -0.05) is 48.5 Å². The van der Waals surface area contributed by atoms with Gasteiger partial charge in [0.1, 0.15) is 0 Å². The molecule has 0 aliphatic carbocycles. The van der Waals surface area contributed by atoms with Crippen molar-refractivity contribution < 1.29 is 13.2 Å². The molecule has 3 aromatic rings. The normalized spacial score (nSPS) is 15.7. The number of nitrogens with zero attached hydrogens (tertiary/aromatic N) is 2. The third-order valence-corrected chi connectivity index (χ3v) is 7.33. The van der Waals surface area contributed by atoms with E-state index in [1.807, 2.05) is 43.3 Å². The van der Waals surface area contributed by atoms with E-state index in [0.29, 0.717) is 24.2 Å². The number of carbonyl (C=O) groups excluding carboxylic acids is 1. The number of hydrogen-bond donors (Lipinski definition) is 0. The molecule has 30 heavy (non-hydrogen) atoms. The molecular weight excluding hydrogens is 396 g/mol. The van der Waals surface area contributed by atoms with Gasteiger partial charge in [0.15, 0.2) is 0 Å². The van der Waals surface area contributed by atoms with Crippen LogP contribution in [0, 0.1) is 0 Å². The van der Waals surface area contributed by atoms with Crippen molar-refractivity contribution in [2.75, 3.05) is 11.4 Å². The summed E-state index contributed by atoms with van der Waals surface area (Å²) in [4.78, 5) is 14.9. The lowest BCUT2D eigenvalue weighted by Crippen LogP contribution is -2.35. The first kappa shape index (κ1) is 20.2. The predicted octanol–water partition coefficient (Wildman–Crippen LogP) is 4.10. The second kappa shape index (κ2) is 7.95. The predicted molar refractivity (Wildman–Crippen MR) is 118 cm³/mol. The van der Waals surface area contributed by atoms with E-state index in [9.17, 15) is 13.2 Å². The topological polar surface area (TPSA) is 57.7 Å². The molecule has 1 heterocycles. The summed E-state index contributed by atoms with van der Waals surface area (Å²) in [7, 11) is -1.88. The van der Waals surface area contributed by atoms with Crippen LogP contribution in [0.3, 0.4) is 0 Å². The van der Waals surface area contributed by atoms with E-state index in [1.165, 1.54) is 4.31 Å². The van der Waals surface area contributed by atoms with Crippen LogP contribution in [-0.2, 0) is 23.0 Å². The molecule has 0 fully saturated rings. The van der Waals surface area contributed by atoms with Crippen LogP contribution < -0.4 is 4.31 Å². The number of benzene rings is 3. The van der Waals surface area contributed by atoms with Crippen LogP contribution in [0.1, 0.15) is 28.4 Å². The number of sulfonamides is 1. The molecule has 0 bridgehead atoms. The molecule has 1 aliphatic rings. The lowest BCUT2D eigenvalue weighted by atomic mass is 10.1. The fourth-order valence-electron chi connectivity index (χ4n) is 3.96. The first-order valence-electron chi connectivity index (χ1n) is 9.90. The maximum absolute atomic E-state index is 13.2. The highest BCUT2D eigenvalue weighted by Crippen LogP contribution is 2.37. The van der Waals surface area contributed by atoms with Crippen molar-refractivity contribution in [2.24, 2.45) is 0 Å². The number of hydrogen-bond acceptors (Lipinski definition) is 3. The van der Waals surface area contributed by atoms with Crippen molar-refractivity contribution in [3.05, 3.63) is 95.6 Å². The van der Waals surface area contributed by atoms with E-state index in [4.69, 9.17) is 0 Å². The molecule has 0 N–H and O–H groups in total. The minimum Gasteiger partial charge on any atom is -0.337 e. The average Bonchev–Trinajstić information content (AvgIpc) is 3.10. The Bertz CT molecular complexity index is 1160. The Morgan fingerprint density at radius 2 is 1.63 bits per heavy atom. The van der Waals surface area contributed by atoms with Gasteiger partial charge < -0.3 is 4.90 Å². The van der Waals surface area contributed by atoms with Crippen molar-refractivity contribution in [3.8, 4) is 0 Å². The van der Waals surface area contributed by atoms with Crippen molar-refractivity contribution >= 4 is 21.6 Å². The van der Waals surface area contributed by atoms with Gasteiger partial charge in [-0.3, -0.25) is 9.10 Å². The van der Waals surface area contributed by atoms with Crippen molar-refractivity contribution in [3.63, 3.8) is 0 Å². The molecule has 0 aromatic heterocycles. The van der Waals surface area contributed by atoms with Gasteiger partial charge in [-0.05, 0) is 54.8 Å². The third kappa shape index (κ3) is 3.71. The summed E-state index contributed by atoms with van der Waals surface area (Å²) in [6.45, 7) is 2.41. The van der Waals surface area contributed by atoms with E-state index < -0.39 is 10.0 Å². The Balaban J connectivity index is 1.60. The van der Waals surface area contributed by atoms with Gasteiger partial charge in [-0.15, -0.1) is 0 Å². The third-order valence-electron chi connectivity index (χ3n) is 5.39. The van der Waals surface area contributed by atoms with Gasteiger partial charge in [0.05, 0.1) is 10.6 Å². The highest BCUT2D eigenvalue weighted by Gasteiger charge is 2.36. The zero-order chi connectivity index (χ0) is 21.3. The van der Waals surface area contributed by atoms with E-state index in [1.54, 1.807) is 54.4 Å². The van der Waals surface area contributed by atoms with Gasteiger partial charge in [0, 0.05) is 25.2 Å². The Morgan fingerprint density at radius 3 is 2.30 bits per heavy atom. The maximum Gasteiger partial charge on any atom is 0.264 e. The lowest BCUT2D eigenvalue weighted by Gasteiger charge is -2.24. The van der Waals surface area contributed by atoms with Crippen LogP contribution in [0.2, 0.25) is 0 Å². The molecule has 5 nitrogen and oxygen atoms in total. The van der Waals surface area contributed by atoms with Crippen molar-refractivity contribution in [1.82, 2.24) is 4.90 Å². The summed E-state index contributed by atoms with van der Waals surface area (Å²) in [5, 5.41) is 0. The molecule has 6 heteroatoms. The first-order valence-corrected chi connectivity index (χ1v) is 11.3. The van der Waals surface area contributed by atoms with Crippen LogP contribution in [-0.4, -0.2) is 32.3 Å². The number of rotatable bonds is 5. The number of amides is 1. The van der Waals surface area contributed by atoms with E-state index in [2.05, 4.69) is 0 Å². The summed E-state index contributed by atoms with van der Waals surface area (Å²) >= 11 is 0. The summed E-state index contributed by atoms with van der Waals surface area (Å²) < 4.78 is 27.8. The molecule has 0 saturated carbocycles. The summed E-state index contributed by atoms with van der Waals surface area (Å²) in [5.74, 6) is -0.0846. The molecule has 0 saturated heterocycles. The summed E-state index contributed by atoms with van der Waals surface area (Å²) in [5.41, 5.74) is 3.15. The van der Waals surface area contributed by atoms with Gasteiger partial charge in [0.25, 0.3) is 15.9 Å². The standard InChI is InChI=1S/C24H24N2O3S/c1-18-15-21-16-20(24(27)25(2)17-19-9-5-3-6-10-19)13-14-23(21)26(18)30(28,29)22-11-7-4-8-12-22/h3-14,16,18H,15,17H2,1-2H3/t18-/m0/s1. The van der Waals surface area contributed by atoms with Crippen molar-refractivity contribution in [2.45, 2.75) is 30.8 Å². The Hall–Kier alpha value is -3.12. The zero-order valence-electron chi connectivity index (χ0n) is 17.0. The first-order chi connectivity index (χ1) is 14.4. The molecule has 0 unspecified atom stereocenters. The minimum atomic E-state index is -3.65. The number of fused-ring (bicyclic) bond motifs is 1. The average molecular weight is 421 g/mol. The molecule has 3 aromatic carbocycles. The van der Waals surface area contributed by atoms with Crippen molar-refractivity contribution in [1.29, 1.82) is 0 Å². The van der Waals surface area contributed by atoms with Gasteiger partial charge in [-0.25, -0.2) is 8.42 Å². The monoisotopic (exact) mass is 420 g/mol. The fraction of sp³-hybridized carbons (Fsp3) is 0.208. The van der Waals surface area contributed by atoms with Gasteiger partial charge >= 0.3 is 0 Å². The zero-order valence-corrected chi connectivity index (χ0v) is 17.8.